The fourth-order valence-corrected chi connectivity index (χ4v) is 2.10. The third kappa shape index (κ3) is 3.18. The molecule has 0 saturated carbocycles. The summed E-state index contributed by atoms with van der Waals surface area (Å²) in [6, 6.07) is 0.146. The molecule has 0 N–H and O–H groups in total. The van der Waals surface area contributed by atoms with Crippen LogP contribution in [0.1, 0.15) is 46.5 Å². The quantitative estimate of drug-likeness (QED) is 0.674. The lowest BCUT2D eigenvalue weighted by Gasteiger charge is -2.20. The molecule has 0 saturated heterocycles. The van der Waals surface area contributed by atoms with E-state index in [2.05, 4.69) is 11.9 Å². The number of halogens is 2. The van der Waals surface area contributed by atoms with Gasteiger partial charge in [-0.1, -0.05) is 31.9 Å². The Morgan fingerprint density at radius 3 is 2.81 bits per heavy atom. The van der Waals surface area contributed by atoms with Gasteiger partial charge in [0.15, 0.2) is 0 Å². The fraction of sp³-hybridized carbons (Fsp3) is 0.615. The van der Waals surface area contributed by atoms with E-state index in [9.17, 15) is 4.39 Å². The second kappa shape index (κ2) is 6.19. The van der Waals surface area contributed by atoms with E-state index in [1.54, 1.807) is 6.08 Å². The summed E-state index contributed by atoms with van der Waals surface area (Å²) < 4.78 is 13.8. The van der Waals surface area contributed by atoms with Crippen molar-refractivity contribution in [1.82, 2.24) is 0 Å². The first-order chi connectivity index (χ1) is 7.60. The second-order valence-corrected chi connectivity index (χ2v) is 4.57. The smallest absolute Gasteiger partial charge is 0.144 e. The summed E-state index contributed by atoms with van der Waals surface area (Å²) in [6.45, 7) is 5.85. The van der Waals surface area contributed by atoms with E-state index < -0.39 is 0 Å². The molecule has 1 nitrogen and oxygen atoms in total. The number of rotatable bonds is 4. The zero-order valence-electron chi connectivity index (χ0n) is 10.2. The Bertz CT molecular complexity index is 342. The van der Waals surface area contributed by atoms with Crippen LogP contribution in [-0.2, 0) is 0 Å². The molecule has 0 aromatic carbocycles. The van der Waals surface area contributed by atoms with Crippen molar-refractivity contribution in [1.29, 1.82) is 0 Å². The summed E-state index contributed by atoms with van der Waals surface area (Å²) in [7, 11) is 0. The molecule has 1 unspecified atom stereocenters. The van der Waals surface area contributed by atoms with Crippen LogP contribution in [0.4, 0.5) is 4.39 Å². The number of dihydropyridines is 1. The Kier molecular flexibility index (Phi) is 5.20. The number of hydrogen-bond donors (Lipinski definition) is 0. The molecule has 1 aliphatic heterocycles. The van der Waals surface area contributed by atoms with E-state index in [0.29, 0.717) is 12.1 Å². The highest BCUT2D eigenvalue weighted by atomic mass is 35.5. The minimum Gasteiger partial charge on any atom is -0.278 e. The Morgan fingerprint density at radius 2 is 2.25 bits per heavy atom. The first-order valence-electron chi connectivity index (χ1n) is 5.89. The maximum absolute atomic E-state index is 13.8. The number of nitrogens with zero attached hydrogens (tertiary/aromatic N) is 1. The van der Waals surface area contributed by atoms with Crippen LogP contribution in [-0.4, -0.2) is 11.8 Å². The molecule has 1 atom stereocenters. The SMILES string of the molecule is CC/C=C(\F)C1=NC(CCC)CC(Cl)=C1C. The van der Waals surface area contributed by atoms with Gasteiger partial charge >= 0.3 is 0 Å². The molecular weight excluding hydrogens is 225 g/mol. The monoisotopic (exact) mass is 243 g/mol. The average Bonchev–Trinajstić information content (AvgIpc) is 2.23. The Balaban J connectivity index is 2.97. The molecule has 1 rings (SSSR count). The summed E-state index contributed by atoms with van der Waals surface area (Å²) >= 11 is 6.14. The van der Waals surface area contributed by atoms with Crippen molar-refractivity contribution >= 4 is 17.3 Å². The van der Waals surface area contributed by atoms with Crippen molar-refractivity contribution in [2.45, 2.75) is 52.5 Å². The maximum Gasteiger partial charge on any atom is 0.144 e. The van der Waals surface area contributed by atoms with E-state index in [4.69, 9.17) is 11.6 Å². The van der Waals surface area contributed by atoms with Gasteiger partial charge in [-0.05, 0) is 31.4 Å². The molecule has 1 aliphatic rings. The zero-order valence-corrected chi connectivity index (χ0v) is 10.9. The molecule has 0 bridgehead atoms. The lowest BCUT2D eigenvalue weighted by Crippen LogP contribution is -2.17. The van der Waals surface area contributed by atoms with Crippen LogP contribution < -0.4 is 0 Å². The van der Waals surface area contributed by atoms with Crippen molar-refractivity contribution in [3.63, 3.8) is 0 Å². The van der Waals surface area contributed by atoms with E-state index in [-0.39, 0.29) is 11.9 Å². The predicted octanol–water partition coefficient (Wildman–Crippen LogP) is 4.78. The maximum atomic E-state index is 13.8. The summed E-state index contributed by atoms with van der Waals surface area (Å²) in [5.41, 5.74) is 1.24. The molecule has 90 valence electrons. The summed E-state index contributed by atoms with van der Waals surface area (Å²) in [5.74, 6) is -0.237. The molecule has 0 spiro atoms. The Hall–Kier alpha value is -0.630. The van der Waals surface area contributed by atoms with E-state index in [0.717, 1.165) is 29.9 Å². The van der Waals surface area contributed by atoms with Gasteiger partial charge in [-0.25, -0.2) is 4.39 Å². The zero-order chi connectivity index (χ0) is 12.1. The van der Waals surface area contributed by atoms with Gasteiger partial charge in [0.2, 0.25) is 0 Å². The van der Waals surface area contributed by atoms with Crippen LogP contribution in [0, 0.1) is 0 Å². The lowest BCUT2D eigenvalue weighted by molar-refractivity contribution is 0.594. The first-order valence-corrected chi connectivity index (χ1v) is 6.27. The van der Waals surface area contributed by atoms with Crippen molar-refractivity contribution in [3.8, 4) is 0 Å². The highest BCUT2D eigenvalue weighted by Gasteiger charge is 2.21. The molecule has 0 aliphatic carbocycles. The van der Waals surface area contributed by atoms with Crippen molar-refractivity contribution < 1.29 is 4.39 Å². The van der Waals surface area contributed by atoms with Gasteiger partial charge < -0.3 is 0 Å². The van der Waals surface area contributed by atoms with Gasteiger partial charge in [0.25, 0.3) is 0 Å². The first kappa shape index (κ1) is 13.4. The molecule has 0 aromatic rings. The molecule has 16 heavy (non-hydrogen) atoms. The lowest BCUT2D eigenvalue weighted by atomic mass is 9.99. The molecule has 0 amide bonds. The summed E-state index contributed by atoms with van der Waals surface area (Å²) in [5, 5.41) is 0.753. The molecule has 0 aromatic heterocycles. The topological polar surface area (TPSA) is 12.4 Å². The predicted molar refractivity (Wildman–Crippen MR) is 68.8 cm³/mol. The van der Waals surface area contributed by atoms with E-state index in [1.165, 1.54) is 0 Å². The molecule has 1 heterocycles. The highest BCUT2D eigenvalue weighted by Crippen LogP contribution is 2.29. The molecule has 0 fully saturated rings. The Labute approximate surface area is 102 Å². The van der Waals surface area contributed by atoms with Crippen molar-refractivity contribution in [2.75, 3.05) is 0 Å². The average molecular weight is 244 g/mol. The normalized spacial score (nSPS) is 22.4. The standard InChI is InChI=1S/C13H19ClFN/c1-4-6-10-8-11(14)9(3)13(16-10)12(15)7-5-2/h7,10H,4-6,8H2,1-3H3/b12-7-. The van der Waals surface area contributed by atoms with Crippen LogP contribution in [0.5, 0.6) is 0 Å². The third-order valence-corrected chi connectivity index (χ3v) is 3.16. The van der Waals surface area contributed by atoms with Crippen molar-refractivity contribution in [3.05, 3.63) is 22.5 Å². The minimum atomic E-state index is -0.237. The van der Waals surface area contributed by atoms with Gasteiger partial charge in [-0.3, -0.25) is 4.99 Å². The third-order valence-electron chi connectivity index (χ3n) is 2.72. The van der Waals surface area contributed by atoms with Crippen LogP contribution in [0.2, 0.25) is 0 Å². The largest absolute Gasteiger partial charge is 0.278 e. The minimum absolute atomic E-state index is 0.146. The molecule has 0 radical (unpaired) electrons. The number of hydrogen-bond acceptors (Lipinski definition) is 1. The van der Waals surface area contributed by atoms with E-state index >= 15 is 0 Å². The Morgan fingerprint density at radius 1 is 1.56 bits per heavy atom. The van der Waals surface area contributed by atoms with Crippen LogP contribution in [0.3, 0.4) is 0 Å². The fourth-order valence-electron chi connectivity index (χ4n) is 1.83. The molecule has 3 heteroatoms. The number of aliphatic imine (C=N–C) groups is 1. The van der Waals surface area contributed by atoms with Gasteiger partial charge in [-0.2, -0.15) is 0 Å². The highest BCUT2D eigenvalue weighted by molar-refractivity contribution is 6.33. The van der Waals surface area contributed by atoms with Crippen LogP contribution in [0.25, 0.3) is 0 Å². The van der Waals surface area contributed by atoms with Gasteiger partial charge in [0.05, 0.1) is 11.8 Å². The van der Waals surface area contributed by atoms with E-state index in [1.807, 2.05) is 13.8 Å². The molecular formula is C13H19ClFN. The number of allylic oxidation sites excluding steroid dienone is 3. The summed E-state index contributed by atoms with van der Waals surface area (Å²) in [4.78, 5) is 4.45. The van der Waals surface area contributed by atoms with Gasteiger partial charge in [0, 0.05) is 11.5 Å². The van der Waals surface area contributed by atoms with Crippen molar-refractivity contribution in [2.24, 2.45) is 4.99 Å². The van der Waals surface area contributed by atoms with Crippen LogP contribution >= 0.6 is 11.6 Å². The second-order valence-electron chi connectivity index (χ2n) is 4.11. The van der Waals surface area contributed by atoms with Crippen LogP contribution in [0.15, 0.2) is 27.5 Å². The van der Waals surface area contributed by atoms with Gasteiger partial charge in [0.1, 0.15) is 5.83 Å². The summed E-state index contributed by atoms with van der Waals surface area (Å²) in [6.07, 6.45) is 5.00. The van der Waals surface area contributed by atoms with Gasteiger partial charge in [-0.15, -0.1) is 0 Å².